The van der Waals surface area contributed by atoms with Crippen molar-refractivity contribution in [3.8, 4) is 11.5 Å². The molecule has 0 amide bonds. The number of ether oxygens (including phenoxy) is 4. The van der Waals surface area contributed by atoms with E-state index < -0.39 is 0 Å². The van der Waals surface area contributed by atoms with Gasteiger partial charge in [0, 0.05) is 19.0 Å². The van der Waals surface area contributed by atoms with Crippen molar-refractivity contribution in [2.75, 3.05) is 27.4 Å². The van der Waals surface area contributed by atoms with E-state index in [4.69, 9.17) is 23.4 Å². The molecule has 4 fully saturated rings. The summed E-state index contributed by atoms with van der Waals surface area (Å²) in [5, 5.41) is 0. The molecular formula is C29H37NO6. The van der Waals surface area contributed by atoms with Gasteiger partial charge < -0.3 is 23.4 Å². The molecule has 1 aromatic carbocycles. The van der Waals surface area contributed by atoms with E-state index in [1.54, 1.807) is 20.5 Å². The number of furan rings is 1. The minimum absolute atomic E-state index is 0.0178. The summed E-state index contributed by atoms with van der Waals surface area (Å²) in [6.07, 6.45) is 7.27. The summed E-state index contributed by atoms with van der Waals surface area (Å²) in [5.41, 5.74) is 1.36. The van der Waals surface area contributed by atoms with E-state index in [-0.39, 0.29) is 34.9 Å². The second kappa shape index (κ2) is 9.10. The van der Waals surface area contributed by atoms with Crippen LogP contribution in [0.4, 0.5) is 0 Å². The number of carbonyl (C=O) groups excluding carboxylic acids is 1. The lowest BCUT2D eigenvalue weighted by Crippen LogP contribution is -2.51. The fraction of sp³-hybridized carbons (Fsp3) is 0.621. The van der Waals surface area contributed by atoms with E-state index in [9.17, 15) is 4.79 Å². The number of carbonyl (C=O) groups is 1. The maximum absolute atomic E-state index is 13.3. The fourth-order valence-electron chi connectivity index (χ4n) is 7.49. The quantitative estimate of drug-likeness (QED) is 0.384. The summed E-state index contributed by atoms with van der Waals surface area (Å²) in [7, 11) is 3.29. The Labute approximate surface area is 213 Å². The monoisotopic (exact) mass is 495 g/mol. The maximum Gasteiger partial charge on any atom is 0.310 e. The highest BCUT2D eigenvalue weighted by atomic mass is 16.6. The number of fused-ring (bicyclic) bond motifs is 3. The van der Waals surface area contributed by atoms with Crippen LogP contribution >= 0.6 is 0 Å². The molecule has 2 aliphatic heterocycles. The van der Waals surface area contributed by atoms with Crippen molar-refractivity contribution in [3.63, 3.8) is 0 Å². The van der Waals surface area contributed by atoms with Gasteiger partial charge in [-0.3, -0.25) is 9.69 Å². The molecule has 0 unspecified atom stereocenters. The van der Waals surface area contributed by atoms with Crippen molar-refractivity contribution in [2.24, 2.45) is 23.2 Å². The lowest BCUT2D eigenvalue weighted by atomic mass is 9.53. The highest BCUT2D eigenvalue weighted by molar-refractivity contribution is 5.75. The molecule has 7 heteroatoms. The first-order valence-electron chi connectivity index (χ1n) is 13.2. The van der Waals surface area contributed by atoms with E-state index >= 15 is 0 Å². The smallest absolute Gasteiger partial charge is 0.310 e. The van der Waals surface area contributed by atoms with Gasteiger partial charge in [0.2, 0.25) is 0 Å². The molecule has 2 saturated heterocycles. The first-order valence-corrected chi connectivity index (χ1v) is 13.2. The average molecular weight is 496 g/mol. The molecule has 0 bridgehead atoms. The molecule has 3 heterocycles. The van der Waals surface area contributed by atoms with Gasteiger partial charge in [-0.25, -0.2) is 0 Å². The molecule has 7 nitrogen and oxygen atoms in total. The molecule has 2 aromatic rings. The molecule has 2 aliphatic carbocycles. The van der Waals surface area contributed by atoms with Crippen LogP contribution in [0, 0.1) is 23.2 Å². The largest absolute Gasteiger partial charge is 0.493 e. The van der Waals surface area contributed by atoms with Gasteiger partial charge in [0.15, 0.2) is 11.5 Å². The van der Waals surface area contributed by atoms with Gasteiger partial charge in [0.25, 0.3) is 0 Å². The maximum atomic E-state index is 13.3. The predicted molar refractivity (Wildman–Crippen MR) is 133 cm³/mol. The number of nitrogens with zero attached hydrogens (tertiary/aromatic N) is 1. The van der Waals surface area contributed by atoms with Crippen LogP contribution in [0.2, 0.25) is 0 Å². The van der Waals surface area contributed by atoms with Gasteiger partial charge in [-0.15, -0.1) is 0 Å². The third-order valence-electron chi connectivity index (χ3n) is 9.35. The standard InChI is InChI=1S/C29H37NO6/c1-28-9-5-10-29(18-35-29)26(28)13-21-22(27(31)36-25(21)14-28)17-30(16-20-6-4-11-34-20)15-19-7-8-23(32-2)24(12-19)33-3/h4,6-8,11-12,21-22,25-26H,5,9-10,13-18H2,1-3H3/t21-,22-,25+,26+,28+,29-/m0/s1. The van der Waals surface area contributed by atoms with Crippen LogP contribution in [0.1, 0.15) is 50.4 Å². The van der Waals surface area contributed by atoms with Gasteiger partial charge in [-0.1, -0.05) is 13.0 Å². The lowest BCUT2D eigenvalue weighted by Gasteiger charge is -2.51. The molecule has 36 heavy (non-hydrogen) atoms. The Morgan fingerprint density at radius 3 is 2.67 bits per heavy atom. The summed E-state index contributed by atoms with van der Waals surface area (Å²) in [6, 6.07) is 9.88. The molecular weight excluding hydrogens is 458 g/mol. The second-order valence-corrected chi connectivity index (χ2v) is 11.5. The van der Waals surface area contributed by atoms with E-state index in [1.165, 1.54) is 12.8 Å². The molecule has 0 radical (unpaired) electrons. The SMILES string of the molecule is COc1ccc(CN(Cc2ccco2)C[C@@H]2C(=O)O[C@@H]3C[C@@]4(C)CCC[C@]5(CO5)[C@@H]4C[C@@H]23)cc1OC. The molecule has 2 saturated carbocycles. The topological polar surface area (TPSA) is 73.7 Å². The third-order valence-corrected chi connectivity index (χ3v) is 9.35. The zero-order chi connectivity index (χ0) is 24.9. The van der Waals surface area contributed by atoms with Gasteiger partial charge >= 0.3 is 5.97 Å². The Hall–Kier alpha value is -2.51. The Kier molecular flexibility index (Phi) is 6.03. The van der Waals surface area contributed by atoms with Gasteiger partial charge in [-0.05, 0) is 73.3 Å². The van der Waals surface area contributed by atoms with Crippen molar-refractivity contribution in [1.82, 2.24) is 4.90 Å². The molecule has 6 atom stereocenters. The van der Waals surface area contributed by atoms with E-state index in [0.717, 1.165) is 37.2 Å². The van der Waals surface area contributed by atoms with Crippen LogP contribution in [0.5, 0.6) is 11.5 Å². The van der Waals surface area contributed by atoms with Gasteiger partial charge in [-0.2, -0.15) is 0 Å². The molecule has 0 N–H and O–H groups in total. The molecule has 6 rings (SSSR count). The highest BCUT2D eigenvalue weighted by Gasteiger charge is 2.65. The number of rotatable bonds is 8. The van der Waals surface area contributed by atoms with Crippen molar-refractivity contribution < 1.29 is 28.2 Å². The first-order chi connectivity index (χ1) is 17.4. The number of epoxide rings is 1. The van der Waals surface area contributed by atoms with Crippen molar-refractivity contribution in [1.29, 1.82) is 0 Å². The van der Waals surface area contributed by atoms with Gasteiger partial charge in [0.1, 0.15) is 11.9 Å². The minimum atomic E-state index is -0.146. The van der Waals surface area contributed by atoms with Crippen LogP contribution < -0.4 is 9.47 Å². The van der Waals surface area contributed by atoms with E-state index in [2.05, 4.69) is 17.9 Å². The van der Waals surface area contributed by atoms with E-state index in [1.807, 2.05) is 24.3 Å². The summed E-state index contributed by atoms with van der Waals surface area (Å²) in [4.78, 5) is 15.6. The van der Waals surface area contributed by atoms with Crippen LogP contribution in [-0.2, 0) is 27.4 Å². The molecule has 194 valence electrons. The zero-order valence-corrected chi connectivity index (χ0v) is 21.5. The van der Waals surface area contributed by atoms with E-state index in [0.29, 0.717) is 37.1 Å². The Balaban J connectivity index is 1.23. The number of esters is 1. The minimum Gasteiger partial charge on any atom is -0.493 e. The van der Waals surface area contributed by atoms with Crippen LogP contribution in [-0.4, -0.2) is 49.9 Å². The highest BCUT2D eigenvalue weighted by Crippen LogP contribution is 2.62. The predicted octanol–water partition coefficient (Wildman–Crippen LogP) is 4.83. The first kappa shape index (κ1) is 23.9. The number of hydrogen-bond acceptors (Lipinski definition) is 7. The summed E-state index contributed by atoms with van der Waals surface area (Å²) in [6.45, 7) is 5.20. The number of benzene rings is 1. The Bertz CT molecular complexity index is 1100. The Morgan fingerprint density at radius 2 is 1.94 bits per heavy atom. The third kappa shape index (κ3) is 4.20. The number of hydrogen-bond donors (Lipinski definition) is 0. The normalized spacial score (nSPS) is 34.8. The molecule has 1 spiro atoms. The van der Waals surface area contributed by atoms with Crippen LogP contribution in [0.15, 0.2) is 41.0 Å². The van der Waals surface area contributed by atoms with Crippen molar-refractivity contribution in [2.45, 2.75) is 63.8 Å². The van der Waals surface area contributed by atoms with Crippen LogP contribution in [0.3, 0.4) is 0 Å². The number of methoxy groups -OCH3 is 2. The summed E-state index contributed by atoms with van der Waals surface area (Å²) < 4.78 is 28.8. The fourth-order valence-corrected chi connectivity index (χ4v) is 7.49. The van der Waals surface area contributed by atoms with Crippen molar-refractivity contribution in [3.05, 3.63) is 47.9 Å². The van der Waals surface area contributed by atoms with Crippen LogP contribution in [0.25, 0.3) is 0 Å². The average Bonchev–Trinajstić information content (AvgIpc) is 3.31. The summed E-state index contributed by atoms with van der Waals surface area (Å²) >= 11 is 0. The second-order valence-electron chi connectivity index (χ2n) is 11.5. The Morgan fingerprint density at radius 1 is 1.11 bits per heavy atom. The van der Waals surface area contributed by atoms with Crippen molar-refractivity contribution >= 4 is 5.97 Å². The molecule has 1 aromatic heterocycles. The molecule has 4 aliphatic rings. The summed E-state index contributed by atoms with van der Waals surface area (Å²) in [5.74, 6) is 2.84. The van der Waals surface area contributed by atoms with Gasteiger partial charge in [0.05, 0.1) is 45.2 Å². The zero-order valence-electron chi connectivity index (χ0n) is 21.5. The lowest BCUT2D eigenvalue weighted by molar-refractivity contribution is -0.147.